The number of amides is 2. The molecule has 0 unspecified atom stereocenters. The molecule has 5 nitrogen and oxygen atoms in total. The largest absolute Gasteiger partial charge is 0.325 e. The molecule has 0 bridgehead atoms. The summed E-state index contributed by atoms with van der Waals surface area (Å²) in [6, 6.07) is 17.7. The van der Waals surface area contributed by atoms with Crippen molar-refractivity contribution in [3.8, 4) is 0 Å². The lowest BCUT2D eigenvalue weighted by Gasteiger charge is -2.09. The highest BCUT2D eigenvalue weighted by Crippen LogP contribution is 2.26. The number of rotatable bonds is 6. The van der Waals surface area contributed by atoms with Gasteiger partial charge in [-0.05, 0) is 42.5 Å². The van der Waals surface area contributed by atoms with Gasteiger partial charge in [-0.25, -0.2) is 0 Å². The molecule has 0 saturated carbocycles. The molecule has 2 N–H and O–H groups in total. The highest BCUT2D eigenvalue weighted by atomic mass is 35.5. The third-order valence-electron chi connectivity index (χ3n) is 3.52. The van der Waals surface area contributed by atoms with E-state index in [2.05, 4.69) is 15.6 Å². The Bertz CT molecular complexity index is 951. The standard InChI is InChI=1S/C20H16ClN3O2S/c21-17-8-1-2-9-18(17)27-13-19(25)23-15-6-3-7-16(11-15)24-20(26)14-5-4-10-22-12-14/h1-12H,13H2,(H,23,25)(H,24,26). The van der Waals surface area contributed by atoms with Gasteiger partial charge in [0.2, 0.25) is 5.91 Å². The first-order valence-electron chi connectivity index (χ1n) is 8.10. The molecule has 0 aliphatic rings. The number of anilines is 2. The maximum absolute atomic E-state index is 12.2. The van der Waals surface area contributed by atoms with E-state index in [4.69, 9.17) is 11.6 Å². The minimum atomic E-state index is -0.263. The molecule has 0 saturated heterocycles. The number of hydrogen-bond acceptors (Lipinski definition) is 4. The average Bonchev–Trinajstić information content (AvgIpc) is 2.68. The van der Waals surface area contributed by atoms with Gasteiger partial charge >= 0.3 is 0 Å². The number of nitrogens with one attached hydrogen (secondary N) is 2. The van der Waals surface area contributed by atoms with Crippen LogP contribution in [0.1, 0.15) is 10.4 Å². The van der Waals surface area contributed by atoms with E-state index in [0.717, 1.165) is 4.90 Å². The summed E-state index contributed by atoms with van der Waals surface area (Å²) in [4.78, 5) is 29.1. The summed E-state index contributed by atoms with van der Waals surface area (Å²) in [5.74, 6) is -0.188. The molecule has 0 aliphatic heterocycles. The van der Waals surface area contributed by atoms with E-state index < -0.39 is 0 Å². The third-order valence-corrected chi connectivity index (χ3v) is 5.04. The lowest BCUT2D eigenvalue weighted by atomic mass is 10.2. The van der Waals surface area contributed by atoms with Gasteiger partial charge in [0, 0.05) is 28.7 Å². The van der Waals surface area contributed by atoms with Gasteiger partial charge in [0.25, 0.3) is 5.91 Å². The van der Waals surface area contributed by atoms with Gasteiger partial charge in [-0.15, -0.1) is 11.8 Å². The molecule has 136 valence electrons. The van der Waals surface area contributed by atoms with Gasteiger partial charge in [0.15, 0.2) is 0 Å². The van der Waals surface area contributed by atoms with Crippen LogP contribution in [0.3, 0.4) is 0 Å². The van der Waals surface area contributed by atoms with E-state index in [9.17, 15) is 9.59 Å². The number of hydrogen-bond donors (Lipinski definition) is 2. The molecule has 27 heavy (non-hydrogen) atoms. The number of thioether (sulfide) groups is 1. The highest BCUT2D eigenvalue weighted by molar-refractivity contribution is 8.00. The van der Waals surface area contributed by atoms with E-state index in [1.807, 2.05) is 18.2 Å². The molecule has 0 aliphatic carbocycles. The lowest BCUT2D eigenvalue weighted by Crippen LogP contribution is -2.15. The number of halogens is 1. The molecule has 3 rings (SSSR count). The van der Waals surface area contributed by atoms with Crippen molar-refractivity contribution in [1.82, 2.24) is 4.98 Å². The van der Waals surface area contributed by atoms with Gasteiger partial charge in [0.1, 0.15) is 0 Å². The van der Waals surface area contributed by atoms with Crippen LogP contribution in [-0.4, -0.2) is 22.6 Å². The van der Waals surface area contributed by atoms with Crippen molar-refractivity contribution in [3.05, 3.63) is 83.6 Å². The molecule has 2 amide bonds. The minimum absolute atomic E-state index is 0.157. The van der Waals surface area contributed by atoms with Crippen LogP contribution in [-0.2, 0) is 4.79 Å². The molecule has 0 fully saturated rings. The van der Waals surface area contributed by atoms with E-state index >= 15 is 0 Å². The van der Waals surface area contributed by atoms with Crippen LogP contribution in [0.2, 0.25) is 5.02 Å². The van der Waals surface area contributed by atoms with Gasteiger partial charge < -0.3 is 10.6 Å². The zero-order valence-corrected chi connectivity index (χ0v) is 15.8. The fourth-order valence-electron chi connectivity index (χ4n) is 2.28. The van der Waals surface area contributed by atoms with E-state index in [-0.39, 0.29) is 17.6 Å². The first-order chi connectivity index (χ1) is 13.1. The fourth-order valence-corrected chi connectivity index (χ4v) is 3.32. The summed E-state index contributed by atoms with van der Waals surface area (Å²) in [5.41, 5.74) is 1.65. The minimum Gasteiger partial charge on any atom is -0.325 e. The summed E-state index contributed by atoms with van der Waals surface area (Å²) in [6.45, 7) is 0. The smallest absolute Gasteiger partial charge is 0.257 e. The van der Waals surface area contributed by atoms with Crippen molar-refractivity contribution < 1.29 is 9.59 Å². The van der Waals surface area contributed by atoms with Crippen molar-refractivity contribution >= 4 is 46.6 Å². The predicted molar refractivity (Wildman–Crippen MR) is 109 cm³/mol. The van der Waals surface area contributed by atoms with Crippen LogP contribution in [0.5, 0.6) is 0 Å². The maximum Gasteiger partial charge on any atom is 0.257 e. The summed E-state index contributed by atoms with van der Waals surface area (Å²) >= 11 is 7.46. The summed E-state index contributed by atoms with van der Waals surface area (Å²) in [6.07, 6.45) is 3.10. The van der Waals surface area contributed by atoms with Crippen molar-refractivity contribution in [1.29, 1.82) is 0 Å². The summed E-state index contributed by atoms with van der Waals surface area (Å²) < 4.78 is 0. The lowest BCUT2D eigenvalue weighted by molar-refractivity contribution is -0.113. The van der Waals surface area contributed by atoms with E-state index in [1.165, 1.54) is 18.0 Å². The van der Waals surface area contributed by atoms with Crippen molar-refractivity contribution in [2.75, 3.05) is 16.4 Å². The molecule has 1 aromatic heterocycles. The molecule has 0 spiro atoms. The molecule has 0 radical (unpaired) electrons. The zero-order chi connectivity index (χ0) is 19.1. The van der Waals surface area contributed by atoms with Crippen LogP contribution < -0.4 is 10.6 Å². The van der Waals surface area contributed by atoms with E-state index in [0.29, 0.717) is 22.0 Å². The van der Waals surface area contributed by atoms with Gasteiger partial charge in [-0.1, -0.05) is 29.8 Å². The van der Waals surface area contributed by atoms with E-state index in [1.54, 1.807) is 48.7 Å². The first-order valence-corrected chi connectivity index (χ1v) is 9.47. The number of carbonyl (C=O) groups excluding carboxylic acids is 2. The molecule has 0 atom stereocenters. The monoisotopic (exact) mass is 397 g/mol. The quantitative estimate of drug-likeness (QED) is 0.590. The van der Waals surface area contributed by atoms with Crippen LogP contribution in [0.15, 0.2) is 78.0 Å². The zero-order valence-electron chi connectivity index (χ0n) is 14.2. The Hall–Kier alpha value is -2.83. The molecular weight excluding hydrogens is 382 g/mol. The molecular formula is C20H16ClN3O2S. The highest BCUT2D eigenvalue weighted by Gasteiger charge is 2.08. The summed E-state index contributed by atoms with van der Waals surface area (Å²) in [7, 11) is 0. The second-order valence-electron chi connectivity index (χ2n) is 5.54. The van der Waals surface area contributed by atoms with Crippen molar-refractivity contribution in [2.24, 2.45) is 0 Å². The Kier molecular flexibility index (Phi) is 6.46. The Morgan fingerprint density at radius 3 is 2.48 bits per heavy atom. The molecule has 1 heterocycles. The van der Waals surface area contributed by atoms with Crippen LogP contribution in [0, 0.1) is 0 Å². The predicted octanol–water partition coefficient (Wildman–Crippen LogP) is 4.72. The molecule has 3 aromatic rings. The SMILES string of the molecule is O=C(CSc1ccccc1Cl)Nc1cccc(NC(=O)c2cccnc2)c1. The normalized spacial score (nSPS) is 10.3. The van der Waals surface area contributed by atoms with Crippen LogP contribution >= 0.6 is 23.4 Å². The maximum atomic E-state index is 12.2. The fraction of sp³-hybridized carbons (Fsp3) is 0.0500. The van der Waals surface area contributed by atoms with Gasteiger partial charge in [-0.2, -0.15) is 0 Å². The Morgan fingerprint density at radius 2 is 1.74 bits per heavy atom. The van der Waals surface area contributed by atoms with Crippen LogP contribution in [0.4, 0.5) is 11.4 Å². The third kappa shape index (κ3) is 5.57. The number of pyridine rings is 1. The second kappa shape index (κ2) is 9.21. The van der Waals surface area contributed by atoms with Crippen molar-refractivity contribution in [2.45, 2.75) is 4.90 Å². The van der Waals surface area contributed by atoms with Gasteiger partial charge in [0.05, 0.1) is 16.3 Å². The van der Waals surface area contributed by atoms with Crippen LogP contribution in [0.25, 0.3) is 0 Å². The average molecular weight is 398 g/mol. The van der Waals surface area contributed by atoms with Gasteiger partial charge in [-0.3, -0.25) is 14.6 Å². The molecule has 2 aromatic carbocycles. The number of aromatic nitrogens is 1. The Balaban J connectivity index is 1.58. The van der Waals surface area contributed by atoms with Crippen molar-refractivity contribution in [3.63, 3.8) is 0 Å². The number of carbonyl (C=O) groups is 2. The Morgan fingerprint density at radius 1 is 0.963 bits per heavy atom. The number of nitrogens with zero attached hydrogens (tertiary/aromatic N) is 1. The second-order valence-corrected chi connectivity index (χ2v) is 6.97. The Labute approximate surface area is 166 Å². The first kappa shape index (κ1) is 18.9. The number of benzene rings is 2. The molecule has 7 heteroatoms. The summed E-state index contributed by atoms with van der Waals surface area (Å²) in [5, 5.41) is 6.22. The topological polar surface area (TPSA) is 71.1 Å².